The van der Waals surface area contributed by atoms with Gasteiger partial charge in [0.25, 0.3) is 5.91 Å². The van der Waals surface area contributed by atoms with Gasteiger partial charge in [-0.25, -0.2) is 9.10 Å². The molecule has 22 heavy (non-hydrogen) atoms. The summed E-state index contributed by atoms with van der Waals surface area (Å²) < 4.78 is 31.6. The number of hydrogen-bond acceptors (Lipinski definition) is 5. The van der Waals surface area contributed by atoms with Gasteiger partial charge in [0, 0.05) is 17.9 Å². The maximum absolute atomic E-state index is 12.2. The number of nitrogens with one attached hydrogen (secondary N) is 1. The minimum atomic E-state index is -4.57. The first kappa shape index (κ1) is 14.6. The maximum Gasteiger partial charge on any atom is 0.362 e. The average molecular weight is 326 g/mol. The zero-order valence-corrected chi connectivity index (χ0v) is 12.2. The Labute approximate surface area is 126 Å². The predicted octanol–water partition coefficient (Wildman–Crippen LogP) is -0.111. The molecule has 2 aliphatic heterocycles. The highest BCUT2D eigenvalue weighted by Gasteiger charge is 2.60. The number of nitrogens with two attached hydrogens (primary N) is 1. The Morgan fingerprint density at radius 1 is 1.32 bits per heavy atom. The van der Waals surface area contributed by atoms with Crippen LogP contribution in [-0.2, 0) is 15.1 Å². The molecule has 0 bridgehead atoms. The van der Waals surface area contributed by atoms with Crippen LogP contribution in [0.2, 0.25) is 0 Å². The average Bonchev–Trinajstić information content (AvgIpc) is 2.78. The Morgan fingerprint density at radius 3 is 2.55 bits per heavy atom. The summed E-state index contributed by atoms with van der Waals surface area (Å²) in [5.74, 6) is -0.794. The van der Waals surface area contributed by atoms with Gasteiger partial charge in [0.2, 0.25) is 0 Å². The van der Waals surface area contributed by atoms with Crippen LogP contribution >= 0.6 is 0 Å². The summed E-state index contributed by atoms with van der Waals surface area (Å²) >= 11 is 0. The third-order valence-electron chi connectivity index (χ3n) is 3.81. The second-order valence-electron chi connectivity index (χ2n) is 5.16. The van der Waals surface area contributed by atoms with E-state index in [1.54, 1.807) is 24.3 Å². The fraction of sp³-hybridized carbons (Fsp3) is 0.333. The predicted molar refractivity (Wildman–Crippen MR) is 77.2 cm³/mol. The van der Waals surface area contributed by atoms with Crippen molar-refractivity contribution < 1.29 is 22.6 Å². The molecule has 0 saturated carbocycles. The summed E-state index contributed by atoms with van der Waals surface area (Å²) in [7, 11) is -4.57. The highest BCUT2D eigenvalue weighted by atomic mass is 32.2. The molecule has 2 atom stereocenters. The minimum Gasteiger partial charge on any atom is -0.399 e. The number of carbonyl (C=O) groups is 2. The van der Waals surface area contributed by atoms with Crippen LogP contribution in [0.1, 0.15) is 6.42 Å². The number of hydrogen-bond donors (Lipinski definition) is 3. The lowest BCUT2D eigenvalue weighted by atomic mass is 10.0. The van der Waals surface area contributed by atoms with Crippen molar-refractivity contribution in [2.75, 3.05) is 17.6 Å². The van der Waals surface area contributed by atoms with Crippen LogP contribution in [0.4, 0.5) is 16.2 Å². The van der Waals surface area contributed by atoms with Crippen LogP contribution in [0, 0.1) is 0 Å². The Bertz CT molecular complexity index is 732. The highest BCUT2D eigenvalue weighted by molar-refractivity contribution is 7.84. The number of β-lactam (4-membered cyclic amide) rings is 1. The summed E-state index contributed by atoms with van der Waals surface area (Å²) in [6.45, 7) is 0.230. The lowest BCUT2D eigenvalue weighted by molar-refractivity contribution is -0.143. The lowest BCUT2D eigenvalue weighted by Crippen LogP contribution is -2.68. The van der Waals surface area contributed by atoms with Gasteiger partial charge in [0.15, 0.2) is 0 Å². The molecule has 0 aliphatic carbocycles. The van der Waals surface area contributed by atoms with E-state index in [9.17, 15) is 18.0 Å². The molecule has 2 heterocycles. The largest absolute Gasteiger partial charge is 0.399 e. The Balaban J connectivity index is 1.71. The number of amides is 3. The number of anilines is 2. The van der Waals surface area contributed by atoms with Crippen LogP contribution in [-0.4, -0.2) is 52.7 Å². The van der Waals surface area contributed by atoms with Crippen LogP contribution < -0.4 is 11.1 Å². The molecule has 1 aromatic rings. The highest BCUT2D eigenvalue weighted by Crippen LogP contribution is 2.35. The van der Waals surface area contributed by atoms with Gasteiger partial charge >= 0.3 is 16.3 Å². The maximum atomic E-state index is 12.2. The van der Waals surface area contributed by atoms with E-state index in [1.165, 1.54) is 4.90 Å². The third-order valence-corrected chi connectivity index (χ3v) is 4.76. The van der Waals surface area contributed by atoms with Gasteiger partial charge in [-0.15, -0.1) is 0 Å². The number of nitrogen functional groups attached to an aromatic ring is 1. The van der Waals surface area contributed by atoms with Gasteiger partial charge in [0.05, 0.1) is 6.04 Å². The Kier molecular flexibility index (Phi) is 3.22. The van der Waals surface area contributed by atoms with Gasteiger partial charge in [-0.2, -0.15) is 8.42 Å². The molecule has 3 amide bonds. The van der Waals surface area contributed by atoms with E-state index in [4.69, 9.17) is 10.3 Å². The molecular weight excluding hydrogens is 312 g/mol. The van der Waals surface area contributed by atoms with Crippen molar-refractivity contribution in [3.05, 3.63) is 24.3 Å². The first-order chi connectivity index (χ1) is 10.3. The van der Waals surface area contributed by atoms with E-state index < -0.39 is 34.3 Å². The molecule has 0 radical (unpaired) electrons. The number of rotatable bonds is 2. The zero-order valence-electron chi connectivity index (χ0n) is 11.3. The summed E-state index contributed by atoms with van der Waals surface area (Å²) in [4.78, 5) is 25.3. The molecule has 3 rings (SSSR count). The van der Waals surface area contributed by atoms with E-state index in [0.29, 0.717) is 22.1 Å². The minimum absolute atomic E-state index is 0.230. The van der Waals surface area contributed by atoms with Crippen LogP contribution in [0.5, 0.6) is 0 Å². The first-order valence-electron chi connectivity index (χ1n) is 6.53. The van der Waals surface area contributed by atoms with Gasteiger partial charge in [-0.05, 0) is 30.7 Å². The van der Waals surface area contributed by atoms with E-state index in [0.717, 1.165) is 0 Å². The van der Waals surface area contributed by atoms with Crippen molar-refractivity contribution in [2.24, 2.45) is 0 Å². The summed E-state index contributed by atoms with van der Waals surface area (Å²) in [5.41, 5.74) is 6.62. The van der Waals surface area contributed by atoms with Crippen LogP contribution in [0.3, 0.4) is 0 Å². The molecule has 0 unspecified atom stereocenters. The normalized spacial score (nSPS) is 24.0. The fourth-order valence-corrected chi connectivity index (χ4v) is 3.70. The molecule has 2 saturated heterocycles. The fourth-order valence-electron chi connectivity index (χ4n) is 2.81. The first-order valence-corrected chi connectivity index (χ1v) is 7.92. The van der Waals surface area contributed by atoms with Gasteiger partial charge in [0.1, 0.15) is 6.04 Å². The molecule has 2 aliphatic rings. The zero-order chi connectivity index (χ0) is 16.1. The smallest absolute Gasteiger partial charge is 0.362 e. The second-order valence-corrected chi connectivity index (χ2v) is 6.45. The van der Waals surface area contributed by atoms with Gasteiger partial charge < -0.3 is 16.0 Å². The standard InChI is InChI=1S/C12H14N4O5S/c13-7-1-3-8(4-2-7)14-12(18)15-6-5-9-10(15)11(17)16(9)22(19,20)21/h1-4,9-10H,5-6,13H2,(H,14,18)(H,19,20,21)/t9-,10+/m1/s1. The molecule has 118 valence electrons. The third kappa shape index (κ3) is 2.25. The van der Waals surface area contributed by atoms with E-state index in [2.05, 4.69) is 5.32 Å². The van der Waals surface area contributed by atoms with Crippen LogP contribution in [0.25, 0.3) is 0 Å². The van der Waals surface area contributed by atoms with Crippen molar-refractivity contribution in [3.8, 4) is 0 Å². The van der Waals surface area contributed by atoms with Crippen molar-refractivity contribution in [1.82, 2.24) is 9.21 Å². The molecule has 10 heteroatoms. The molecular formula is C12H14N4O5S. The summed E-state index contributed by atoms with van der Waals surface area (Å²) in [5, 5.41) is 2.62. The topological polar surface area (TPSA) is 133 Å². The number of carbonyl (C=O) groups excluding carboxylic acids is 2. The van der Waals surface area contributed by atoms with Gasteiger partial charge in [-0.1, -0.05) is 0 Å². The van der Waals surface area contributed by atoms with Gasteiger partial charge in [-0.3, -0.25) is 9.35 Å². The van der Waals surface area contributed by atoms with Crippen molar-refractivity contribution in [2.45, 2.75) is 18.5 Å². The van der Waals surface area contributed by atoms with E-state index >= 15 is 0 Å². The summed E-state index contributed by atoms with van der Waals surface area (Å²) in [6.07, 6.45) is 0.297. The number of fused-ring (bicyclic) bond motifs is 1. The molecule has 4 N–H and O–H groups in total. The lowest BCUT2D eigenvalue weighted by Gasteiger charge is -2.42. The molecule has 0 aromatic heterocycles. The Hall–Kier alpha value is -2.33. The van der Waals surface area contributed by atoms with Crippen molar-refractivity contribution in [1.29, 1.82) is 0 Å². The van der Waals surface area contributed by atoms with E-state index in [-0.39, 0.29) is 6.54 Å². The van der Waals surface area contributed by atoms with E-state index in [1.807, 2.05) is 0 Å². The number of nitrogens with zero attached hydrogens (tertiary/aromatic N) is 2. The molecule has 1 aromatic carbocycles. The number of urea groups is 1. The molecule has 9 nitrogen and oxygen atoms in total. The Morgan fingerprint density at radius 2 is 1.95 bits per heavy atom. The number of benzene rings is 1. The van der Waals surface area contributed by atoms with Crippen LogP contribution in [0.15, 0.2) is 24.3 Å². The van der Waals surface area contributed by atoms with Crippen molar-refractivity contribution >= 4 is 33.6 Å². The molecule has 2 fully saturated rings. The monoisotopic (exact) mass is 326 g/mol. The van der Waals surface area contributed by atoms with Crippen molar-refractivity contribution in [3.63, 3.8) is 0 Å². The quantitative estimate of drug-likeness (QED) is 0.394. The summed E-state index contributed by atoms with van der Waals surface area (Å²) in [6, 6.07) is 4.44. The molecule has 0 spiro atoms. The number of likely N-dealkylation sites (tertiary alicyclic amines) is 1. The SMILES string of the molecule is Nc1ccc(NC(=O)N2CC[C@@H]3[C@H]2C(=O)N3S(=O)(=O)O)cc1. The second kappa shape index (κ2) is 4.85.